The van der Waals surface area contributed by atoms with Gasteiger partial charge in [-0.3, -0.25) is 4.79 Å². The maximum atomic E-state index is 14.3. The third kappa shape index (κ3) is 12.2. The number of benzene rings is 1. The zero-order chi connectivity index (χ0) is 36.8. The summed E-state index contributed by atoms with van der Waals surface area (Å²) in [6.45, 7) is 39.8. The van der Waals surface area contributed by atoms with Crippen LogP contribution < -0.4 is 0 Å². The zero-order valence-corrected chi connectivity index (χ0v) is 39.4. The molecule has 1 heterocycles. The number of para-hydroxylation sites is 1. The van der Waals surface area contributed by atoms with Crippen molar-refractivity contribution in [2.75, 3.05) is 0 Å². The maximum Gasteiger partial charge on any atom is 0.310 e. The second-order valence-corrected chi connectivity index (χ2v) is 46.4. The minimum absolute atomic E-state index is 0.155. The number of esters is 1. The highest BCUT2D eigenvalue weighted by Crippen LogP contribution is 2.40. The van der Waals surface area contributed by atoms with Crippen LogP contribution in [0.4, 0.5) is 0 Å². The smallest absolute Gasteiger partial charge is 0.310 e. The predicted octanol–water partition coefficient (Wildman–Crippen LogP) is 8.89. The van der Waals surface area contributed by atoms with Crippen LogP contribution in [0.2, 0.25) is 118 Å². The Hall–Kier alpha value is -0.669. The van der Waals surface area contributed by atoms with Crippen LogP contribution in [-0.4, -0.2) is 96.6 Å². The Bertz CT molecular complexity index is 1350. The Morgan fingerprint density at radius 3 is 1.21 bits per heavy atom. The third-order valence-electron chi connectivity index (χ3n) is 7.51. The van der Waals surface area contributed by atoms with Crippen LogP contribution in [0.25, 0.3) is 10.9 Å². The van der Waals surface area contributed by atoms with Crippen LogP contribution in [0.1, 0.15) is 5.56 Å². The average Bonchev–Trinajstić information content (AvgIpc) is 3.21. The molecule has 0 bridgehead atoms. The van der Waals surface area contributed by atoms with E-state index in [4.69, 9.17) is 26.9 Å². The van der Waals surface area contributed by atoms with E-state index in [1.807, 2.05) is 6.07 Å². The Balaban J connectivity index is 2.23. The predicted molar refractivity (Wildman–Crippen MR) is 215 cm³/mol. The molecule has 1 aromatic carbocycles. The highest BCUT2D eigenvalue weighted by atomic mass is 28.4. The van der Waals surface area contributed by atoms with Gasteiger partial charge in [0.25, 0.3) is 0 Å². The fraction of sp³-hybridized carbons (Fsp3) is 0.735. The van der Waals surface area contributed by atoms with Gasteiger partial charge in [-0.25, -0.2) is 0 Å². The van der Waals surface area contributed by atoms with Crippen molar-refractivity contribution in [2.45, 2.75) is 161 Å². The molecule has 1 aliphatic rings. The first-order valence-corrected chi connectivity index (χ1v) is 38.1. The minimum atomic E-state index is -2.20. The zero-order valence-electron chi connectivity index (χ0n) is 33.4. The molecular formula is C34H67NO7Si6. The van der Waals surface area contributed by atoms with Gasteiger partial charge < -0.3 is 31.1 Å². The highest BCUT2D eigenvalue weighted by Gasteiger charge is 2.59. The second kappa shape index (κ2) is 14.8. The molecule has 1 aliphatic carbocycles. The monoisotopic (exact) mass is 769 g/mol. The molecule has 1 fully saturated rings. The van der Waals surface area contributed by atoms with Crippen LogP contribution >= 0.6 is 0 Å². The van der Waals surface area contributed by atoms with Crippen LogP contribution in [0, 0.1) is 0 Å². The van der Waals surface area contributed by atoms with E-state index in [9.17, 15) is 4.79 Å². The lowest BCUT2D eigenvalue weighted by Crippen LogP contribution is -2.72. The SMILES string of the molecule is C[Si](C)(C)OC1C(OC(=O)Cc2cn([Si](C)(C)C)c3ccccc23)C(O[Si](C)(C)C)C(O[Si](C)(C)C)C(O[Si](C)(C)C)C1O[Si](C)(C)C. The fourth-order valence-electron chi connectivity index (χ4n) is 6.26. The van der Waals surface area contributed by atoms with Crippen molar-refractivity contribution >= 4 is 66.7 Å². The van der Waals surface area contributed by atoms with Crippen molar-refractivity contribution in [3.8, 4) is 0 Å². The van der Waals surface area contributed by atoms with Crippen molar-refractivity contribution in [3.63, 3.8) is 0 Å². The molecule has 0 aliphatic heterocycles. The van der Waals surface area contributed by atoms with E-state index in [-0.39, 0.29) is 12.4 Å². The van der Waals surface area contributed by atoms with Crippen LogP contribution in [-0.2, 0) is 38.1 Å². The number of nitrogens with zero attached hydrogens (tertiary/aromatic N) is 1. The molecular weight excluding hydrogens is 703 g/mol. The molecule has 14 heteroatoms. The first-order chi connectivity index (χ1) is 21.4. The van der Waals surface area contributed by atoms with E-state index >= 15 is 0 Å². The minimum Gasteiger partial charge on any atom is -0.456 e. The Labute approximate surface area is 298 Å². The van der Waals surface area contributed by atoms with E-state index < -0.39 is 86.4 Å². The molecule has 274 valence electrons. The number of hydrogen-bond donors (Lipinski definition) is 0. The summed E-state index contributed by atoms with van der Waals surface area (Å²) < 4.78 is 44.5. The fourth-order valence-corrected chi connectivity index (χ4v) is 13.1. The summed E-state index contributed by atoms with van der Waals surface area (Å²) in [4.78, 5) is 14.3. The van der Waals surface area contributed by atoms with E-state index in [0.29, 0.717) is 0 Å². The van der Waals surface area contributed by atoms with Gasteiger partial charge in [0.05, 0.1) is 6.42 Å². The molecule has 1 aromatic heterocycles. The molecule has 1 saturated carbocycles. The van der Waals surface area contributed by atoms with Crippen molar-refractivity contribution in [2.24, 2.45) is 0 Å². The molecule has 2 aromatic rings. The topological polar surface area (TPSA) is 77.4 Å². The summed E-state index contributed by atoms with van der Waals surface area (Å²) in [7, 11) is -12.6. The largest absolute Gasteiger partial charge is 0.456 e. The van der Waals surface area contributed by atoms with Crippen LogP contribution in [0.5, 0.6) is 0 Å². The molecule has 0 amide bonds. The third-order valence-corrected chi connectivity index (χ3v) is 14.2. The summed E-state index contributed by atoms with van der Waals surface area (Å²) in [5.74, 6) is -0.296. The summed E-state index contributed by atoms with van der Waals surface area (Å²) in [5.41, 5.74) is 2.14. The van der Waals surface area contributed by atoms with E-state index in [1.165, 1.54) is 0 Å². The quantitative estimate of drug-likeness (QED) is 0.140. The average molecular weight is 770 g/mol. The number of fused-ring (bicyclic) bond motifs is 1. The molecule has 48 heavy (non-hydrogen) atoms. The number of carbonyl (C=O) groups is 1. The van der Waals surface area contributed by atoms with Crippen LogP contribution in [0.15, 0.2) is 30.5 Å². The van der Waals surface area contributed by atoms with E-state index in [1.54, 1.807) is 0 Å². The van der Waals surface area contributed by atoms with E-state index in [2.05, 4.69) is 146 Å². The number of ether oxygens (including phenoxy) is 1. The van der Waals surface area contributed by atoms with Gasteiger partial charge in [-0.15, -0.1) is 0 Å². The van der Waals surface area contributed by atoms with Crippen LogP contribution in [0.3, 0.4) is 0 Å². The molecule has 4 unspecified atom stereocenters. The first kappa shape index (κ1) is 41.7. The molecule has 8 nitrogen and oxygen atoms in total. The van der Waals surface area contributed by atoms with Gasteiger partial charge in [-0.1, -0.05) is 37.8 Å². The van der Waals surface area contributed by atoms with E-state index in [0.717, 1.165) is 16.5 Å². The number of hydrogen-bond acceptors (Lipinski definition) is 7. The number of rotatable bonds is 14. The second-order valence-electron chi connectivity index (χ2n) is 19.3. The highest BCUT2D eigenvalue weighted by molar-refractivity contribution is 6.75. The lowest BCUT2D eigenvalue weighted by atomic mass is 9.84. The normalized spacial score (nSPS) is 25.0. The summed E-state index contributed by atoms with van der Waals surface area (Å²) in [6.07, 6.45) is -0.944. The maximum absolute atomic E-state index is 14.3. The molecule has 4 atom stereocenters. The number of carbonyl (C=O) groups excluding carboxylic acids is 1. The van der Waals surface area contributed by atoms with Gasteiger partial charge in [0.2, 0.25) is 0 Å². The van der Waals surface area contributed by atoms with Crippen molar-refractivity contribution < 1.29 is 31.7 Å². The lowest BCUT2D eigenvalue weighted by Gasteiger charge is -2.55. The molecule has 0 spiro atoms. The summed E-state index contributed by atoms with van der Waals surface area (Å²) in [5, 5.41) is 1.09. The molecule has 0 saturated heterocycles. The van der Waals surface area contributed by atoms with Crippen molar-refractivity contribution in [1.82, 2.24) is 4.23 Å². The van der Waals surface area contributed by atoms with Gasteiger partial charge in [0, 0.05) is 10.9 Å². The van der Waals surface area contributed by atoms with Crippen molar-refractivity contribution in [1.29, 1.82) is 0 Å². The van der Waals surface area contributed by atoms with Gasteiger partial charge >= 0.3 is 5.97 Å². The molecule has 3 rings (SSSR count). The van der Waals surface area contributed by atoms with Gasteiger partial charge in [0.15, 0.2) is 55.9 Å². The van der Waals surface area contributed by atoms with Gasteiger partial charge in [0.1, 0.15) is 30.5 Å². The van der Waals surface area contributed by atoms with Gasteiger partial charge in [-0.05, 0) is 116 Å². The Morgan fingerprint density at radius 2 is 0.875 bits per heavy atom. The standard InChI is InChI=1S/C34H67NO7Si6/c1-43(2,3)35-24-25(26-21-19-20-22-27(26)35)23-28(36)37-29-30(38-44(4,5)6)32(40-46(10,11)12)34(42-48(16,17)18)33(41-47(13,14)15)31(29)39-45(7,8)9/h19-22,24,29-34H,23H2,1-18H3. The van der Waals surface area contributed by atoms with Gasteiger partial charge in [-0.2, -0.15) is 0 Å². The Kier molecular flexibility index (Phi) is 12.8. The first-order valence-electron chi connectivity index (χ1n) is 17.6. The van der Waals surface area contributed by atoms with Crippen molar-refractivity contribution in [3.05, 3.63) is 36.0 Å². The molecule has 0 radical (unpaired) electrons. The summed E-state index contributed by atoms with van der Waals surface area (Å²) in [6, 6.07) is 8.36. The number of aromatic nitrogens is 1. The lowest BCUT2D eigenvalue weighted by molar-refractivity contribution is -0.215. The Morgan fingerprint density at radius 1 is 0.542 bits per heavy atom. The summed E-state index contributed by atoms with van der Waals surface area (Å²) >= 11 is 0. The molecule has 0 N–H and O–H groups in total.